The zero-order valence-corrected chi connectivity index (χ0v) is 7.94. The Labute approximate surface area is 73.6 Å². The molecule has 0 amide bonds. The summed E-state index contributed by atoms with van der Waals surface area (Å²) in [6.45, 7) is 3.75. The van der Waals surface area contributed by atoms with Gasteiger partial charge in [0.1, 0.15) is 0 Å². The average molecular weight is 217 g/mol. The van der Waals surface area contributed by atoms with Crippen molar-refractivity contribution in [1.82, 2.24) is 0 Å². The van der Waals surface area contributed by atoms with Crippen LogP contribution in [0.2, 0.25) is 0 Å². The van der Waals surface area contributed by atoms with Gasteiger partial charge in [0.2, 0.25) is 0 Å². The lowest BCUT2D eigenvalue weighted by molar-refractivity contribution is 0.400. The molecular weight excluding hydrogens is 208 g/mol. The highest BCUT2D eigenvalue weighted by Gasteiger charge is 2.08. The van der Waals surface area contributed by atoms with Crippen LogP contribution in [0.3, 0.4) is 0 Å². The van der Waals surface area contributed by atoms with Gasteiger partial charge in [0.05, 0.1) is 4.47 Å². The number of benzene rings is 1. The van der Waals surface area contributed by atoms with Crippen molar-refractivity contribution in [2.24, 2.45) is 0 Å². The molecule has 0 bridgehead atoms. The predicted molar refractivity (Wildman–Crippen MR) is 46.9 cm³/mol. The molecular formula is C8H9BrO2. The van der Waals surface area contributed by atoms with Crippen LogP contribution in [0.4, 0.5) is 0 Å². The summed E-state index contributed by atoms with van der Waals surface area (Å²) in [5.74, 6) is -0.173. The second kappa shape index (κ2) is 2.74. The standard InChI is InChI=1S/C8H9BrO2/c1-4-3-6(10)8(11)7(9)5(4)2/h3,10-11H,1-2H3. The molecule has 1 rings (SSSR count). The van der Waals surface area contributed by atoms with E-state index in [4.69, 9.17) is 5.11 Å². The molecule has 0 aliphatic rings. The highest BCUT2D eigenvalue weighted by atomic mass is 79.9. The van der Waals surface area contributed by atoms with Crippen molar-refractivity contribution in [3.63, 3.8) is 0 Å². The molecule has 0 spiro atoms. The van der Waals surface area contributed by atoms with Crippen LogP contribution in [0.15, 0.2) is 10.5 Å². The lowest BCUT2D eigenvalue weighted by atomic mass is 10.1. The smallest absolute Gasteiger partial charge is 0.172 e. The van der Waals surface area contributed by atoms with Gasteiger partial charge >= 0.3 is 0 Å². The second-order valence-corrected chi connectivity index (χ2v) is 3.29. The lowest BCUT2D eigenvalue weighted by Gasteiger charge is -2.06. The van der Waals surface area contributed by atoms with Crippen molar-refractivity contribution in [2.45, 2.75) is 13.8 Å². The van der Waals surface area contributed by atoms with Gasteiger partial charge in [0, 0.05) is 0 Å². The first-order valence-corrected chi connectivity index (χ1v) is 4.01. The Balaban J connectivity index is 3.46. The Morgan fingerprint density at radius 1 is 1.27 bits per heavy atom. The predicted octanol–water partition coefficient (Wildman–Crippen LogP) is 2.48. The highest BCUT2D eigenvalue weighted by molar-refractivity contribution is 9.10. The van der Waals surface area contributed by atoms with Gasteiger partial charge in [0.25, 0.3) is 0 Å². The molecule has 60 valence electrons. The van der Waals surface area contributed by atoms with Crippen molar-refractivity contribution in [3.8, 4) is 11.5 Å². The fraction of sp³-hybridized carbons (Fsp3) is 0.250. The van der Waals surface area contributed by atoms with E-state index in [1.807, 2.05) is 13.8 Å². The molecule has 0 heterocycles. The van der Waals surface area contributed by atoms with Crippen LogP contribution in [0, 0.1) is 13.8 Å². The summed E-state index contributed by atoms with van der Waals surface area (Å²) in [5.41, 5.74) is 1.90. The van der Waals surface area contributed by atoms with Crippen LogP contribution < -0.4 is 0 Å². The normalized spacial score (nSPS) is 10.1. The first kappa shape index (κ1) is 8.40. The molecule has 3 heteroatoms. The Hall–Kier alpha value is -0.700. The molecule has 2 nitrogen and oxygen atoms in total. The molecule has 0 atom stereocenters. The minimum Gasteiger partial charge on any atom is -0.504 e. The molecule has 0 aromatic heterocycles. The van der Waals surface area contributed by atoms with Crippen LogP contribution in [0.25, 0.3) is 0 Å². The summed E-state index contributed by atoms with van der Waals surface area (Å²) in [4.78, 5) is 0. The Bertz CT molecular complexity index is 268. The van der Waals surface area contributed by atoms with Gasteiger partial charge in [-0.1, -0.05) is 0 Å². The third-order valence-corrected chi connectivity index (χ3v) is 2.69. The van der Waals surface area contributed by atoms with Crippen molar-refractivity contribution >= 4 is 15.9 Å². The summed E-state index contributed by atoms with van der Waals surface area (Å²) in [7, 11) is 0. The maximum atomic E-state index is 9.21. The Kier molecular flexibility index (Phi) is 2.09. The fourth-order valence-corrected chi connectivity index (χ4v) is 1.36. The zero-order valence-electron chi connectivity index (χ0n) is 6.35. The number of halogens is 1. The van der Waals surface area contributed by atoms with E-state index in [1.54, 1.807) is 0 Å². The topological polar surface area (TPSA) is 40.5 Å². The van der Waals surface area contributed by atoms with E-state index in [0.717, 1.165) is 11.1 Å². The van der Waals surface area contributed by atoms with Crippen LogP contribution in [0.5, 0.6) is 11.5 Å². The minimum atomic E-state index is -0.0897. The maximum Gasteiger partial charge on any atom is 0.172 e. The molecule has 0 aliphatic heterocycles. The third kappa shape index (κ3) is 1.33. The number of rotatable bonds is 0. The average Bonchev–Trinajstić information content (AvgIpc) is 1.97. The van der Waals surface area contributed by atoms with Gasteiger partial charge in [-0.25, -0.2) is 0 Å². The molecule has 0 radical (unpaired) electrons. The van der Waals surface area contributed by atoms with Gasteiger partial charge in [-0.05, 0) is 47.0 Å². The number of phenolic OH excluding ortho intramolecular Hbond substituents is 2. The summed E-state index contributed by atoms with van der Waals surface area (Å²) < 4.78 is 0.565. The quantitative estimate of drug-likeness (QED) is 0.655. The molecule has 0 unspecified atom stereocenters. The summed E-state index contributed by atoms with van der Waals surface area (Å²) in [5, 5.41) is 18.3. The van der Waals surface area contributed by atoms with Gasteiger partial charge in [0.15, 0.2) is 11.5 Å². The SMILES string of the molecule is Cc1cc(O)c(O)c(Br)c1C. The van der Waals surface area contributed by atoms with Gasteiger partial charge in [-0.15, -0.1) is 0 Å². The molecule has 0 saturated heterocycles. The minimum absolute atomic E-state index is 0.0834. The van der Waals surface area contributed by atoms with Crippen molar-refractivity contribution < 1.29 is 10.2 Å². The molecule has 0 fully saturated rings. The molecule has 1 aromatic carbocycles. The molecule has 11 heavy (non-hydrogen) atoms. The fourth-order valence-electron chi connectivity index (χ4n) is 0.845. The van der Waals surface area contributed by atoms with Crippen LogP contribution in [-0.2, 0) is 0 Å². The molecule has 0 saturated carbocycles. The van der Waals surface area contributed by atoms with E-state index in [-0.39, 0.29) is 11.5 Å². The lowest BCUT2D eigenvalue weighted by Crippen LogP contribution is -1.83. The van der Waals surface area contributed by atoms with Gasteiger partial charge in [-0.3, -0.25) is 0 Å². The van der Waals surface area contributed by atoms with E-state index in [2.05, 4.69) is 15.9 Å². The second-order valence-electron chi connectivity index (χ2n) is 2.50. The summed E-state index contributed by atoms with van der Waals surface area (Å²) in [6.07, 6.45) is 0. The number of phenols is 2. The first-order valence-electron chi connectivity index (χ1n) is 3.21. The van der Waals surface area contributed by atoms with E-state index in [1.165, 1.54) is 6.07 Å². The summed E-state index contributed by atoms with van der Waals surface area (Å²) >= 11 is 3.17. The molecule has 0 aliphatic carbocycles. The van der Waals surface area contributed by atoms with E-state index in [9.17, 15) is 5.11 Å². The Morgan fingerprint density at radius 3 is 2.36 bits per heavy atom. The zero-order chi connectivity index (χ0) is 8.59. The number of aryl methyl sites for hydroxylation is 1. The molecule has 2 N–H and O–H groups in total. The third-order valence-electron chi connectivity index (χ3n) is 1.72. The van der Waals surface area contributed by atoms with E-state index < -0.39 is 0 Å². The number of hydrogen-bond donors (Lipinski definition) is 2. The van der Waals surface area contributed by atoms with Crippen molar-refractivity contribution in [1.29, 1.82) is 0 Å². The monoisotopic (exact) mass is 216 g/mol. The van der Waals surface area contributed by atoms with Crippen molar-refractivity contribution in [2.75, 3.05) is 0 Å². The van der Waals surface area contributed by atoms with E-state index in [0.29, 0.717) is 4.47 Å². The van der Waals surface area contributed by atoms with Gasteiger partial charge in [-0.2, -0.15) is 0 Å². The first-order chi connectivity index (χ1) is 5.04. The summed E-state index contributed by atoms with van der Waals surface area (Å²) in [6, 6.07) is 1.54. The van der Waals surface area contributed by atoms with Crippen LogP contribution in [-0.4, -0.2) is 10.2 Å². The van der Waals surface area contributed by atoms with Crippen LogP contribution >= 0.6 is 15.9 Å². The van der Waals surface area contributed by atoms with Crippen molar-refractivity contribution in [3.05, 3.63) is 21.7 Å². The van der Waals surface area contributed by atoms with E-state index >= 15 is 0 Å². The maximum absolute atomic E-state index is 9.21. The molecule has 1 aromatic rings. The van der Waals surface area contributed by atoms with Gasteiger partial charge < -0.3 is 10.2 Å². The largest absolute Gasteiger partial charge is 0.504 e. The van der Waals surface area contributed by atoms with Crippen LogP contribution in [0.1, 0.15) is 11.1 Å². The highest BCUT2D eigenvalue weighted by Crippen LogP contribution is 2.37. The Morgan fingerprint density at radius 2 is 1.82 bits per heavy atom. The number of hydrogen-bond acceptors (Lipinski definition) is 2. The number of aromatic hydroxyl groups is 2.